The van der Waals surface area contributed by atoms with Gasteiger partial charge in [0.1, 0.15) is 0 Å². The smallest absolute Gasteiger partial charge is 0.0816 e. The number of hydrogen-bond donors (Lipinski definition) is 1. The number of hydrogen-bond acceptors (Lipinski definition) is 3. The minimum Gasteiger partial charge on any atom is -0.388 e. The van der Waals surface area contributed by atoms with E-state index in [4.69, 9.17) is 16.3 Å². The molecule has 1 saturated carbocycles. The molecule has 0 radical (unpaired) electrons. The van der Waals surface area contributed by atoms with Gasteiger partial charge in [-0.2, -0.15) is 0 Å². The van der Waals surface area contributed by atoms with Crippen LogP contribution in [-0.2, 0) is 4.74 Å². The average molecular weight is 377 g/mol. The Bertz CT molecular complexity index is 454. The van der Waals surface area contributed by atoms with Crippen LogP contribution < -0.4 is 0 Å². The molecule has 1 aromatic rings. The van der Waals surface area contributed by atoms with E-state index in [-0.39, 0.29) is 0 Å². The predicted molar refractivity (Wildman–Crippen MR) is 89.8 cm³/mol. The summed E-state index contributed by atoms with van der Waals surface area (Å²) in [5.74, 6) is 0.816. The summed E-state index contributed by atoms with van der Waals surface area (Å²) < 4.78 is 6.55. The standard InChI is InChI=1S/C16H23BrClNO2/c1-19(8-9-21-11-12-2-3-12)7-6-16(20)14-5-4-13(17)10-15(14)18/h4-5,10,12,16,20H,2-3,6-9,11H2,1H3. The van der Waals surface area contributed by atoms with Gasteiger partial charge in [0.2, 0.25) is 0 Å². The summed E-state index contributed by atoms with van der Waals surface area (Å²) >= 11 is 9.52. The van der Waals surface area contributed by atoms with Gasteiger partial charge in [-0.15, -0.1) is 0 Å². The van der Waals surface area contributed by atoms with Crippen LogP contribution in [-0.4, -0.2) is 43.4 Å². The molecular formula is C16H23BrClNO2. The van der Waals surface area contributed by atoms with Gasteiger partial charge >= 0.3 is 0 Å². The summed E-state index contributed by atoms with van der Waals surface area (Å²) in [5.41, 5.74) is 0.790. The summed E-state index contributed by atoms with van der Waals surface area (Å²) in [7, 11) is 2.05. The minimum atomic E-state index is -0.527. The van der Waals surface area contributed by atoms with Crippen LogP contribution in [0.25, 0.3) is 0 Å². The number of nitrogens with zero attached hydrogens (tertiary/aromatic N) is 1. The highest BCUT2D eigenvalue weighted by molar-refractivity contribution is 9.10. The van der Waals surface area contributed by atoms with E-state index in [0.29, 0.717) is 11.4 Å². The highest BCUT2D eigenvalue weighted by Gasteiger charge is 2.21. The normalized spacial score (nSPS) is 16.4. The van der Waals surface area contributed by atoms with Crippen molar-refractivity contribution < 1.29 is 9.84 Å². The van der Waals surface area contributed by atoms with Crippen molar-refractivity contribution >= 4 is 27.5 Å². The van der Waals surface area contributed by atoms with Crippen LogP contribution in [0, 0.1) is 5.92 Å². The van der Waals surface area contributed by atoms with Crippen LogP contribution in [0.5, 0.6) is 0 Å². The third kappa shape index (κ3) is 6.25. The Morgan fingerprint density at radius 3 is 2.86 bits per heavy atom. The summed E-state index contributed by atoms with van der Waals surface area (Å²) in [4.78, 5) is 2.18. The van der Waals surface area contributed by atoms with Gasteiger partial charge in [0.15, 0.2) is 0 Å². The second kappa shape index (κ2) is 8.49. The van der Waals surface area contributed by atoms with Crippen LogP contribution in [0.1, 0.15) is 30.9 Å². The van der Waals surface area contributed by atoms with Crippen molar-refractivity contribution in [3.63, 3.8) is 0 Å². The Labute approximate surface area is 140 Å². The molecule has 0 aliphatic heterocycles. The fourth-order valence-corrected chi connectivity index (χ4v) is 2.94. The van der Waals surface area contributed by atoms with E-state index >= 15 is 0 Å². The molecule has 0 heterocycles. The molecule has 1 aliphatic rings. The molecule has 3 nitrogen and oxygen atoms in total. The Morgan fingerprint density at radius 2 is 2.19 bits per heavy atom. The van der Waals surface area contributed by atoms with Gasteiger partial charge in [0, 0.05) is 29.2 Å². The van der Waals surface area contributed by atoms with E-state index in [1.54, 1.807) is 0 Å². The zero-order valence-electron chi connectivity index (χ0n) is 12.4. The summed E-state index contributed by atoms with van der Waals surface area (Å²) in [6.07, 6.45) is 2.80. The topological polar surface area (TPSA) is 32.7 Å². The van der Waals surface area contributed by atoms with Gasteiger partial charge in [-0.05, 0) is 49.9 Å². The first kappa shape index (κ1) is 17.2. The summed E-state index contributed by atoms with van der Waals surface area (Å²) in [6, 6.07) is 5.59. The van der Waals surface area contributed by atoms with Crippen LogP contribution in [0.4, 0.5) is 0 Å². The molecule has 1 atom stereocenters. The zero-order valence-corrected chi connectivity index (χ0v) is 14.7. The predicted octanol–water partition coefficient (Wildman–Crippen LogP) is 3.88. The second-order valence-corrected chi connectivity index (χ2v) is 7.11. The first-order valence-electron chi connectivity index (χ1n) is 7.45. The SMILES string of the molecule is CN(CCOCC1CC1)CCC(O)c1ccc(Br)cc1Cl. The van der Waals surface area contributed by atoms with Crippen LogP contribution >= 0.6 is 27.5 Å². The number of halogens is 2. The molecule has 0 amide bonds. The van der Waals surface area contributed by atoms with Crippen LogP contribution in [0.15, 0.2) is 22.7 Å². The number of aliphatic hydroxyl groups excluding tert-OH is 1. The molecule has 5 heteroatoms. The van der Waals surface area contributed by atoms with E-state index in [1.165, 1.54) is 12.8 Å². The highest BCUT2D eigenvalue weighted by Crippen LogP contribution is 2.29. The fraction of sp³-hybridized carbons (Fsp3) is 0.625. The van der Waals surface area contributed by atoms with Crippen molar-refractivity contribution in [3.05, 3.63) is 33.3 Å². The monoisotopic (exact) mass is 375 g/mol. The second-order valence-electron chi connectivity index (χ2n) is 5.79. The van der Waals surface area contributed by atoms with Gasteiger partial charge < -0.3 is 14.7 Å². The number of benzene rings is 1. The minimum absolute atomic E-state index is 0.527. The third-order valence-corrected chi connectivity index (χ3v) is 4.59. The van der Waals surface area contributed by atoms with E-state index in [2.05, 4.69) is 27.9 Å². The average Bonchev–Trinajstić information content (AvgIpc) is 3.25. The largest absolute Gasteiger partial charge is 0.388 e. The molecule has 1 aromatic carbocycles. The molecule has 1 aliphatic carbocycles. The van der Waals surface area contributed by atoms with Gasteiger partial charge in [-0.25, -0.2) is 0 Å². The fourth-order valence-electron chi connectivity index (χ4n) is 2.14. The maximum atomic E-state index is 10.2. The molecule has 0 bridgehead atoms. The molecule has 1 fully saturated rings. The molecule has 118 valence electrons. The number of ether oxygens (including phenoxy) is 1. The molecule has 0 spiro atoms. The maximum Gasteiger partial charge on any atom is 0.0816 e. The van der Waals surface area contributed by atoms with Crippen molar-refractivity contribution in [3.8, 4) is 0 Å². The van der Waals surface area contributed by atoms with E-state index in [9.17, 15) is 5.11 Å². The number of likely N-dealkylation sites (N-methyl/N-ethyl adjacent to an activating group) is 1. The third-order valence-electron chi connectivity index (χ3n) is 3.77. The summed E-state index contributed by atoms with van der Waals surface area (Å²) in [6.45, 7) is 3.39. The highest BCUT2D eigenvalue weighted by atomic mass is 79.9. The summed E-state index contributed by atoms with van der Waals surface area (Å²) in [5, 5.41) is 10.8. The Kier molecular flexibility index (Phi) is 6.96. The first-order chi connectivity index (χ1) is 10.1. The Balaban J connectivity index is 1.65. The molecule has 0 saturated heterocycles. The molecular weight excluding hydrogens is 354 g/mol. The van der Waals surface area contributed by atoms with Gasteiger partial charge in [-0.3, -0.25) is 0 Å². The molecule has 2 rings (SSSR count). The van der Waals surface area contributed by atoms with Crippen molar-refractivity contribution in [2.24, 2.45) is 5.92 Å². The molecule has 1 unspecified atom stereocenters. The van der Waals surface area contributed by atoms with E-state index in [1.807, 2.05) is 18.2 Å². The van der Waals surface area contributed by atoms with Gasteiger partial charge in [-0.1, -0.05) is 33.6 Å². The molecule has 21 heavy (non-hydrogen) atoms. The lowest BCUT2D eigenvalue weighted by Gasteiger charge is -2.19. The Hall–Kier alpha value is -0.130. The Morgan fingerprint density at radius 1 is 1.43 bits per heavy atom. The lowest BCUT2D eigenvalue weighted by molar-refractivity contribution is 0.0948. The van der Waals surface area contributed by atoms with Crippen molar-refractivity contribution in [2.45, 2.75) is 25.4 Å². The van der Waals surface area contributed by atoms with Gasteiger partial charge in [0.05, 0.1) is 12.7 Å². The lowest BCUT2D eigenvalue weighted by atomic mass is 10.1. The van der Waals surface area contributed by atoms with E-state index in [0.717, 1.165) is 42.3 Å². The van der Waals surface area contributed by atoms with E-state index < -0.39 is 6.10 Å². The van der Waals surface area contributed by atoms with Crippen LogP contribution in [0.2, 0.25) is 5.02 Å². The zero-order chi connectivity index (χ0) is 15.2. The van der Waals surface area contributed by atoms with Gasteiger partial charge in [0.25, 0.3) is 0 Å². The lowest BCUT2D eigenvalue weighted by Crippen LogP contribution is -2.25. The van der Waals surface area contributed by atoms with Crippen molar-refractivity contribution in [2.75, 3.05) is 33.4 Å². The van der Waals surface area contributed by atoms with Crippen LogP contribution in [0.3, 0.4) is 0 Å². The molecule has 1 N–H and O–H groups in total. The van der Waals surface area contributed by atoms with Crippen molar-refractivity contribution in [1.29, 1.82) is 0 Å². The number of rotatable bonds is 9. The quantitative estimate of drug-likeness (QED) is 0.664. The maximum absolute atomic E-state index is 10.2. The first-order valence-corrected chi connectivity index (χ1v) is 8.62. The number of aliphatic hydroxyl groups is 1. The molecule has 0 aromatic heterocycles. The van der Waals surface area contributed by atoms with Crippen molar-refractivity contribution in [1.82, 2.24) is 4.90 Å².